The number of hydrogen-bond acceptors (Lipinski definition) is 5. The van der Waals surface area contributed by atoms with Crippen LogP contribution in [-0.4, -0.2) is 31.4 Å². The Morgan fingerprint density at radius 3 is 2.43 bits per heavy atom. The van der Waals surface area contributed by atoms with Crippen molar-refractivity contribution < 1.29 is 23.7 Å². The fourth-order valence-corrected chi connectivity index (χ4v) is 1.25. The molecule has 1 aliphatic rings. The molecule has 0 aromatic carbocycles. The SMILES string of the molecule is CCOC1(OCC)OC(=O)CC(C)O1. The third-order valence-electron chi connectivity index (χ3n) is 1.68. The minimum Gasteiger partial charge on any atom is -0.384 e. The Bertz CT molecular complexity index is 197. The maximum Gasteiger partial charge on any atom is 0.463 e. The summed E-state index contributed by atoms with van der Waals surface area (Å²) >= 11 is 0. The first-order chi connectivity index (χ1) is 6.62. The minimum absolute atomic E-state index is 0.224. The lowest BCUT2D eigenvalue weighted by atomic mass is 10.3. The number of carbonyl (C=O) groups is 1. The second-order valence-corrected chi connectivity index (χ2v) is 2.97. The summed E-state index contributed by atoms with van der Waals surface area (Å²) < 4.78 is 20.6. The van der Waals surface area contributed by atoms with Crippen molar-refractivity contribution >= 4 is 5.97 Å². The van der Waals surface area contributed by atoms with Gasteiger partial charge in [0, 0.05) is 0 Å². The Morgan fingerprint density at radius 2 is 2.00 bits per heavy atom. The molecule has 82 valence electrons. The first kappa shape index (κ1) is 11.4. The molecule has 1 saturated heterocycles. The summed E-state index contributed by atoms with van der Waals surface area (Å²) in [4.78, 5) is 11.2. The van der Waals surface area contributed by atoms with Gasteiger partial charge in [-0.15, -0.1) is 0 Å². The molecule has 1 rings (SSSR count). The summed E-state index contributed by atoms with van der Waals surface area (Å²) in [5, 5.41) is 0. The van der Waals surface area contributed by atoms with E-state index in [1.807, 2.05) is 0 Å². The van der Waals surface area contributed by atoms with Crippen molar-refractivity contribution in [3.8, 4) is 0 Å². The highest BCUT2D eigenvalue weighted by Gasteiger charge is 2.44. The van der Waals surface area contributed by atoms with Crippen LogP contribution in [0, 0.1) is 0 Å². The van der Waals surface area contributed by atoms with Crippen molar-refractivity contribution in [2.75, 3.05) is 13.2 Å². The van der Waals surface area contributed by atoms with Gasteiger partial charge >= 0.3 is 12.1 Å². The highest BCUT2D eigenvalue weighted by Crippen LogP contribution is 2.26. The average molecular weight is 204 g/mol. The predicted molar refractivity (Wildman–Crippen MR) is 47.2 cm³/mol. The second-order valence-electron chi connectivity index (χ2n) is 2.97. The molecule has 5 heteroatoms. The number of rotatable bonds is 4. The topological polar surface area (TPSA) is 54.0 Å². The molecule has 0 spiro atoms. The van der Waals surface area contributed by atoms with Crippen LogP contribution in [0.15, 0.2) is 0 Å². The van der Waals surface area contributed by atoms with E-state index in [9.17, 15) is 4.79 Å². The van der Waals surface area contributed by atoms with E-state index < -0.39 is 6.16 Å². The van der Waals surface area contributed by atoms with Gasteiger partial charge in [-0.05, 0) is 20.8 Å². The van der Waals surface area contributed by atoms with E-state index >= 15 is 0 Å². The molecule has 0 aliphatic carbocycles. The second kappa shape index (κ2) is 4.72. The average Bonchev–Trinajstić information content (AvgIpc) is 2.02. The zero-order valence-corrected chi connectivity index (χ0v) is 8.74. The van der Waals surface area contributed by atoms with Gasteiger partial charge in [-0.2, -0.15) is 0 Å². The van der Waals surface area contributed by atoms with Gasteiger partial charge in [0.05, 0.1) is 25.7 Å². The summed E-state index contributed by atoms with van der Waals surface area (Å²) in [7, 11) is 0. The van der Waals surface area contributed by atoms with Gasteiger partial charge in [-0.3, -0.25) is 19.0 Å². The first-order valence-electron chi connectivity index (χ1n) is 4.79. The molecule has 1 heterocycles. The van der Waals surface area contributed by atoms with E-state index in [1.54, 1.807) is 20.8 Å². The normalized spacial score (nSPS) is 25.9. The van der Waals surface area contributed by atoms with Crippen LogP contribution in [-0.2, 0) is 23.7 Å². The fourth-order valence-electron chi connectivity index (χ4n) is 1.25. The minimum atomic E-state index is -1.63. The Morgan fingerprint density at radius 1 is 1.43 bits per heavy atom. The molecule has 14 heavy (non-hydrogen) atoms. The van der Waals surface area contributed by atoms with Gasteiger partial charge in [0.2, 0.25) is 0 Å². The summed E-state index contributed by atoms with van der Waals surface area (Å²) in [5.41, 5.74) is 0. The van der Waals surface area contributed by atoms with Gasteiger partial charge in [0.15, 0.2) is 0 Å². The van der Waals surface area contributed by atoms with Crippen molar-refractivity contribution in [3.05, 3.63) is 0 Å². The van der Waals surface area contributed by atoms with Crippen LogP contribution >= 0.6 is 0 Å². The zero-order valence-electron chi connectivity index (χ0n) is 8.74. The van der Waals surface area contributed by atoms with E-state index in [-0.39, 0.29) is 18.5 Å². The first-order valence-corrected chi connectivity index (χ1v) is 4.79. The van der Waals surface area contributed by atoms with Gasteiger partial charge < -0.3 is 4.74 Å². The van der Waals surface area contributed by atoms with E-state index in [0.717, 1.165) is 0 Å². The molecule has 0 N–H and O–H groups in total. The molecule has 0 aromatic heterocycles. The maximum atomic E-state index is 11.2. The molecule has 1 atom stereocenters. The van der Waals surface area contributed by atoms with Crippen LogP contribution in [0.1, 0.15) is 27.2 Å². The Kier molecular flexibility index (Phi) is 3.86. The molecule has 5 nitrogen and oxygen atoms in total. The van der Waals surface area contributed by atoms with E-state index in [0.29, 0.717) is 13.2 Å². The monoisotopic (exact) mass is 204 g/mol. The van der Waals surface area contributed by atoms with Gasteiger partial charge in [0.1, 0.15) is 0 Å². The molecule has 0 radical (unpaired) electrons. The van der Waals surface area contributed by atoms with Gasteiger partial charge in [-0.1, -0.05) is 0 Å². The molecule has 0 amide bonds. The molecule has 0 saturated carbocycles. The summed E-state index contributed by atoms with van der Waals surface area (Å²) in [5.74, 6) is -0.370. The lowest BCUT2D eigenvalue weighted by Crippen LogP contribution is -2.50. The molecular formula is C9H16O5. The predicted octanol–water partition coefficient (Wildman–Crippen LogP) is 1.02. The van der Waals surface area contributed by atoms with Crippen molar-refractivity contribution in [2.45, 2.75) is 39.5 Å². The maximum absolute atomic E-state index is 11.2. The Labute approximate surface area is 83.3 Å². The summed E-state index contributed by atoms with van der Waals surface area (Å²) in [6.45, 7) is 6.02. The van der Waals surface area contributed by atoms with Crippen LogP contribution < -0.4 is 0 Å². The van der Waals surface area contributed by atoms with Gasteiger partial charge in [0.25, 0.3) is 0 Å². The quantitative estimate of drug-likeness (QED) is 0.505. The lowest BCUT2D eigenvalue weighted by Gasteiger charge is -2.36. The molecule has 0 aromatic rings. The van der Waals surface area contributed by atoms with Crippen LogP contribution in [0.3, 0.4) is 0 Å². The zero-order chi connectivity index (χ0) is 10.6. The molecule has 1 unspecified atom stereocenters. The molecule has 1 fully saturated rings. The number of hydrogen-bond donors (Lipinski definition) is 0. The van der Waals surface area contributed by atoms with E-state index in [2.05, 4.69) is 0 Å². The molecule has 1 aliphatic heterocycles. The van der Waals surface area contributed by atoms with Crippen molar-refractivity contribution in [2.24, 2.45) is 0 Å². The Hall–Kier alpha value is -0.650. The lowest BCUT2D eigenvalue weighted by molar-refractivity contribution is -0.499. The number of esters is 1. The number of carbonyl (C=O) groups excluding carboxylic acids is 1. The van der Waals surface area contributed by atoms with E-state index in [4.69, 9.17) is 18.9 Å². The van der Waals surface area contributed by atoms with E-state index in [1.165, 1.54) is 0 Å². The smallest absolute Gasteiger partial charge is 0.384 e. The third kappa shape index (κ3) is 2.67. The van der Waals surface area contributed by atoms with Crippen molar-refractivity contribution in [1.82, 2.24) is 0 Å². The van der Waals surface area contributed by atoms with Crippen molar-refractivity contribution in [3.63, 3.8) is 0 Å². The third-order valence-corrected chi connectivity index (χ3v) is 1.68. The Balaban J connectivity index is 2.68. The van der Waals surface area contributed by atoms with Crippen LogP contribution in [0.4, 0.5) is 0 Å². The largest absolute Gasteiger partial charge is 0.463 e. The summed E-state index contributed by atoms with van der Waals surface area (Å²) in [6.07, 6.45) is -1.66. The number of cyclic esters (lactones) is 1. The van der Waals surface area contributed by atoms with Crippen LogP contribution in [0.25, 0.3) is 0 Å². The summed E-state index contributed by atoms with van der Waals surface area (Å²) in [6, 6.07) is 0. The highest BCUT2D eigenvalue weighted by molar-refractivity contribution is 5.70. The number of ether oxygens (including phenoxy) is 4. The highest BCUT2D eigenvalue weighted by atomic mass is 17.0. The fraction of sp³-hybridized carbons (Fsp3) is 0.889. The molecular weight excluding hydrogens is 188 g/mol. The standard InChI is InChI=1S/C9H16O5/c1-4-11-9(12-5-2)13-7(3)6-8(10)14-9/h7H,4-6H2,1-3H3. The van der Waals surface area contributed by atoms with Gasteiger partial charge in [-0.25, -0.2) is 0 Å². The van der Waals surface area contributed by atoms with Crippen LogP contribution in [0.5, 0.6) is 0 Å². The van der Waals surface area contributed by atoms with Crippen LogP contribution in [0.2, 0.25) is 0 Å². The molecule has 0 bridgehead atoms. The van der Waals surface area contributed by atoms with Crippen molar-refractivity contribution in [1.29, 1.82) is 0 Å².